The number of carbonyl (C=O) groups excluding carboxylic acids is 1. The molecule has 0 atom stereocenters. The fraction of sp³-hybridized carbons (Fsp3) is 0.400. The molecular formula is C5H6O2. The molecule has 0 fully saturated rings. The third-order valence-corrected chi connectivity index (χ3v) is 0.436. The molecule has 0 aliphatic carbocycles. The first-order valence-electron chi connectivity index (χ1n) is 1.79. The van der Waals surface area contributed by atoms with Gasteiger partial charge in [0, 0.05) is 7.11 Å². The lowest BCUT2D eigenvalue weighted by molar-refractivity contribution is -0.117. The summed E-state index contributed by atoms with van der Waals surface area (Å²) in [6.45, 7) is 0.0243. The van der Waals surface area contributed by atoms with Crippen LogP contribution in [0.3, 0.4) is 0 Å². The van der Waals surface area contributed by atoms with Crippen LogP contribution < -0.4 is 0 Å². The summed E-state index contributed by atoms with van der Waals surface area (Å²) in [6, 6.07) is 0. The minimum Gasteiger partial charge on any atom is -0.376 e. The third-order valence-electron chi connectivity index (χ3n) is 0.436. The first-order chi connectivity index (χ1) is 3.31. The Morgan fingerprint density at radius 3 is 2.71 bits per heavy atom. The van der Waals surface area contributed by atoms with Crippen LogP contribution in [0.4, 0.5) is 0 Å². The van der Waals surface area contributed by atoms with Crippen molar-refractivity contribution in [2.45, 2.75) is 0 Å². The zero-order valence-corrected chi connectivity index (χ0v) is 4.10. The van der Waals surface area contributed by atoms with E-state index in [1.807, 2.05) is 5.92 Å². The van der Waals surface area contributed by atoms with Gasteiger partial charge in [0.15, 0.2) is 0 Å². The summed E-state index contributed by atoms with van der Waals surface area (Å²) in [6.07, 6.45) is 4.68. The van der Waals surface area contributed by atoms with Crippen molar-refractivity contribution in [2.75, 3.05) is 13.7 Å². The van der Waals surface area contributed by atoms with Crippen LogP contribution in [0.2, 0.25) is 0 Å². The first kappa shape index (κ1) is 6.19. The van der Waals surface area contributed by atoms with E-state index in [2.05, 4.69) is 11.2 Å². The van der Waals surface area contributed by atoms with Crippen molar-refractivity contribution in [1.82, 2.24) is 0 Å². The number of hydrogen-bond donors (Lipinski definition) is 0. The Morgan fingerprint density at radius 1 is 2.00 bits per heavy atom. The molecule has 0 unspecified atom stereocenters. The Balaban J connectivity index is 3.24. The number of terminal acetylenes is 1. The lowest BCUT2D eigenvalue weighted by atomic mass is 10.4. The number of hydrogen-bond acceptors (Lipinski definition) is 2. The largest absolute Gasteiger partial charge is 0.376 e. The van der Waals surface area contributed by atoms with Gasteiger partial charge in [-0.05, 0) is 5.92 Å². The Hall–Kier alpha value is -0.810. The Labute approximate surface area is 42.5 Å². The van der Waals surface area contributed by atoms with Crippen molar-refractivity contribution in [2.24, 2.45) is 0 Å². The Morgan fingerprint density at radius 2 is 2.57 bits per heavy atom. The molecule has 0 aromatic heterocycles. The van der Waals surface area contributed by atoms with Gasteiger partial charge < -0.3 is 4.74 Å². The maximum absolute atomic E-state index is 10.1. The molecule has 7 heavy (non-hydrogen) atoms. The van der Waals surface area contributed by atoms with Gasteiger partial charge in [-0.15, -0.1) is 6.42 Å². The molecule has 0 bridgehead atoms. The lowest BCUT2D eigenvalue weighted by Crippen LogP contribution is -2.01. The summed E-state index contributed by atoms with van der Waals surface area (Å²) in [5.41, 5.74) is 0. The first-order valence-corrected chi connectivity index (χ1v) is 1.79. The van der Waals surface area contributed by atoms with Crippen LogP contribution >= 0.6 is 0 Å². The minimum absolute atomic E-state index is 0.0243. The van der Waals surface area contributed by atoms with Crippen molar-refractivity contribution in [3.63, 3.8) is 0 Å². The highest BCUT2D eigenvalue weighted by Gasteiger charge is 1.88. The zero-order valence-electron chi connectivity index (χ0n) is 4.10. The quantitative estimate of drug-likeness (QED) is 0.354. The van der Waals surface area contributed by atoms with Crippen LogP contribution in [-0.4, -0.2) is 19.5 Å². The number of ketones is 1. The highest BCUT2D eigenvalue weighted by Crippen LogP contribution is 1.66. The van der Waals surface area contributed by atoms with Gasteiger partial charge in [0.2, 0.25) is 5.78 Å². The average molecular weight is 98.1 g/mol. The van der Waals surface area contributed by atoms with Crippen LogP contribution in [0.15, 0.2) is 0 Å². The van der Waals surface area contributed by atoms with E-state index >= 15 is 0 Å². The van der Waals surface area contributed by atoms with E-state index < -0.39 is 0 Å². The summed E-state index contributed by atoms with van der Waals surface area (Å²) in [5, 5.41) is 0. The van der Waals surface area contributed by atoms with Crippen LogP contribution in [0, 0.1) is 12.3 Å². The fourth-order valence-corrected chi connectivity index (χ4v) is 0.173. The summed E-state index contributed by atoms with van der Waals surface area (Å²) >= 11 is 0. The molecule has 0 amide bonds. The van der Waals surface area contributed by atoms with E-state index in [-0.39, 0.29) is 12.4 Å². The van der Waals surface area contributed by atoms with Crippen molar-refractivity contribution >= 4 is 5.78 Å². The maximum atomic E-state index is 10.1. The molecule has 0 aliphatic heterocycles. The minimum atomic E-state index is -0.317. The number of carbonyl (C=O) groups is 1. The number of Topliss-reactive ketones (excluding diaryl/α,β-unsaturated/α-hetero) is 1. The van der Waals surface area contributed by atoms with Gasteiger partial charge in [-0.3, -0.25) is 4.79 Å². The van der Waals surface area contributed by atoms with Crippen LogP contribution in [-0.2, 0) is 9.53 Å². The van der Waals surface area contributed by atoms with E-state index in [0.717, 1.165) is 0 Å². The van der Waals surface area contributed by atoms with Gasteiger partial charge in [0.05, 0.1) is 0 Å². The van der Waals surface area contributed by atoms with E-state index in [1.165, 1.54) is 7.11 Å². The van der Waals surface area contributed by atoms with E-state index in [0.29, 0.717) is 0 Å². The summed E-state index contributed by atoms with van der Waals surface area (Å²) in [4.78, 5) is 10.1. The second-order valence-electron chi connectivity index (χ2n) is 1.00. The molecule has 0 radical (unpaired) electrons. The van der Waals surface area contributed by atoms with Gasteiger partial charge in [0.1, 0.15) is 6.61 Å². The van der Waals surface area contributed by atoms with Crippen LogP contribution in [0.25, 0.3) is 0 Å². The Kier molecular flexibility index (Phi) is 2.99. The normalized spacial score (nSPS) is 7.43. The van der Waals surface area contributed by atoms with Crippen molar-refractivity contribution in [3.05, 3.63) is 0 Å². The SMILES string of the molecule is C#CC(=O)COC. The van der Waals surface area contributed by atoms with E-state index in [1.54, 1.807) is 0 Å². The number of methoxy groups -OCH3 is 1. The van der Waals surface area contributed by atoms with Crippen LogP contribution in [0.1, 0.15) is 0 Å². The molecule has 0 saturated carbocycles. The molecule has 2 nitrogen and oxygen atoms in total. The van der Waals surface area contributed by atoms with Gasteiger partial charge in [-0.2, -0.15) is 0 Å². The highest BCUT2D eigenvalue weighted by molar-refractivity contribution is 5.95. The maximum Gasteiger partial charge on any atom is 0.230 e. The second-order valence-corrected chi connectivity index (χ2v) is 1.00. The molecule has 0 rings (SSSR count). The molecule has 0 saturated heterocycles. The van der Waals surface area contributed by atoms with Gasteiger partial charge >= 0.3 is 0 Å². The van der Waals surface area contributed by atoms with Crippen LogP contribution in [0.5, 0.6) is 0 Å². The zero-order chi connectivity index (χ0) is 5.70. The van der Waals surface area contributed by atoms with Gasteiger partial charge in [0.25, 0.3) is 0 Å². The molecule has 0 spiro atoms. The topological polar surface area (TPSA) is 26.3 Å². The summed E-state index contributed by atoms with van der Waals surface area (Å²) in [5.74, 6) is 1.58. The molecule has 0 aromatic carbocycles. The fourth-order valence-electron chi connectivity index (χ4n) is 0.173. The molecule has 0 heterocycles. The molecule has 38 valence electrons. The molecule has 0 aromatic rings. The van der Waals surface area contributed by atoms with Gasteiger partial charge in [-0.1, -0.05) is 0 Å². The monoisotopic (exact) mass is 98.0 g/mol. The van der Waals surface area contributed by atoms with Crippen molar-refractivity contribution < 1.29 is 9.53 Å². The standard InChI is InChI=1S/C5H6O2/c1-3-5(6)4-7-2/h1H,4H2,2H3. The number of rotatable bonds is 2. The lowest BCUT2D eigenvalue weighted by Gasteiger charge is -1.84. The molecule has 0 aliphatic rings. The van der Waals surface area contributed by atoms with Gasteiger partial charge in [-0.25, -0.2) is 0 Å². The predicted octanol–water partition coefficient (Wildman–Crippen LogP) is -0.165. The molecular weight excluding hydrogens is 92.1 g/mol. The second kappa shape index (κ2) is 3.38. The van der Waals surface area contributed by atoms with Crippen molar-refractivity contribution in [3.8, 4) is 12.3 Å². The van der Waals surface area contributed by atoms with E-state index in [4.69, 9.17) is 0 Å². The smallest absolute Gasteiger partial charge is 0.230 e. The van der Waals surface area contributed by atoms with Crippen molar-refractivity contribution in [1.29, 1.82) is 0 Å². The summed E-state index contributed by atoms with van der Waals surface area (Å²) in [7, 11) is 1.43. The summed E-state index contributed by atoms with van der Waals surface area (Å²) < 4.78 is 4.40. The van der Waals surface area contributed by atoms with E-state index in [9.17, 15) is 4.79 Å². The highest BCUT2D eigenvalue weighted by atomic mass is 16.5. The number of ether oxygens (including phenoxy) is 1. The third kappa shape index (κ3) is 3.01. The predicted molar refractivity (Wildman–Crippen MR) is 25.7 cm³/mol. The molecule has 2 heteroatoms. The molecule has 0 N–H and O–H groups in total. The Bertz CT molecular complexity index is 99.1. The average Bonchev–Trinajstić information content (AvgIpc) is 1.68.